The number of benzene rings is 2. The quantitative estimate of drug-likeness (QED) is 0.120. The fourth-order valence-corrected chi connectivity index (χ4v) is 3.26. The Morgan fingerprint density at radius 3 is 2.17 bits per heavy atom. The van der Waals surface area contributed by atoms with Gasteiger partial charge in [-0.2, -0.15) is 0 Å². The van der Waals surface area contributed by atoms with Gasteiger partial charge in [-0.15, -0.1) is 0 Å². The van der Waals surface area contributed by atoms with Crippen molar-refractivity contribution in [3.05, 3.63) is 47.7 Å². The Morgan fingerprint density at radius 2 is 1.63 bits per heavy atom. The van der Waals surface area contributed by atoms with Crippen molar-refractivity contribution in [1.82, 2.24) is 0 Å². The SMILES string of the molecule is CCOC(=O)C(Nc1ccc(C(=N)N)cc1)c1cc(OCC)c(OCC)c(OC=C=O)c1OCC. The van der Waals surface area contributed by atoms with Crippen molar-refractivity contribution in [2.45, 2.75) is 33.7 Å². The molecule has 188 valence electrons. The van der Waals surface area contributed by atoms with Gasteiger partial charge >= 0.3 is 5.97 Å². The van der Waals surface area contributed by atoms with E-state index in [0.29, 0.717) is 29.2 Å². The molecule has 0 spiro atoms. The average molecular weight is 486 g/mol. The Bertz CT molecular complexity index is 1060. The first-order valence-corrected chi connectivity index (χ1v) is 11.2. The lowest BCUT2D eigenvalue weighted by Gasteiger charge is -2.25. The Hall–Kier alpha value is -4.17. The van der Waals surface area contributed by atoms with Crippen LogP contribution in [0.15, 0.2) is 36.6 Å². The Balaban J connectivity index is 2.75. The highest BCUT2D eigenvalue weighted by Crippen LogP contribution is 2.49. The standard InChI is InChI=1S/C25H31N3O7/c1-5-31-19-15-18(21(32-6-2)23(35-14-13-29)22(19)33-7-3)20(25(30)34-8-4)28-17-11-9-16(10-12-17)24(26)27/h9-12,14-15,20,28H,5-8H2,1-4H3,(H3,26,27). The maximum atomic E-state index is 13.1. The molecule has 0 radical (unpaired) electrons. The summed E-state index contributed by atoms with van der Waals surface area (Å²) in [6.45, 7) is 8.04. The monoisotopic (exact) mass is 485 g/mol. The second kappa shape index (κ2) is 13.5. The van der Waals surface area contributed by atoms with Crippen molar-refractivity contribution < 1.29 is 33.3 Å². The lowest BCUT2D eigenvalue weighted by atomic mass is 10.0. The molecule has 10 heteroatoms. The van der Waals surface area contributed by atoms with E-state index in [4.69, 9.17) is 34.8 Å². The van der Waals surface area contributed by atoms with Gasteiger partial charge in [0.1, 0.15) is 5.84 Å². The molecule has 1 atom stereocenters. The summed E-state index contributed by atoms with van der Waals surface area (Å²) in [6.07, 6.45) is 0.827. The zero-order valence-corrected chi connectivity index (χ0v) is 20.3. The van der Waals surface area contributed by atoms with Crippen LogP contribution in [0, 0.1) is 5.41 Å². The molecular formula is C25H31N3O7. The lowest BCUT2D eigenvalue weighted by molar-refractivity contribution is -0.144. The maximum Gasteiger partial charge on any atom is 0.333 e. The van der Waals surface area contributed by atoms with E-state index in [1.54, 1.807) is 64.0 Å². The van der Waals surface area contributed by atoms with Gasteiger partial charge in [-0.1, -0.05) is 0 Å². The molecule has 0 saturated heterocycles. The highest BCUT2D eigenvalue weighted by molar-refractivity contribution is 5.95. The Morgan fingerprint density at radius 1 is 1.00 bits per heavy atom. The minimum Gasteiger partial charge on any atom is -0.490 e. The van der Waals surface area contributed by atoms with Gasteiger partial charge in [0.15, 0.2) is 29.7 Å². The van der Waals surface area contributed by atoms with Crippen molar-refractivity contribution in [1.29, 1.82) is 5.41 Å². The van der Waals surface area contributed by atoms with E-state index in [1.807, 2.05) is 0 Å². The molecule has 0 fully saturated rings. The normalized spacial score (nSPS) is 11.0. The van der Waals surface area contributed by atoms with Crippen LogP contribution in [0.1, 0.15) is 44.9 Å². The van der Waals surface area contributed by atoms with Gasteiger partial charge < -0.3 is 34.7 Å². The van der Waals surface area contributed by atoms with Gasteiger partial charge in [0.05, 0.1) is 26.4 Å². The zero-order valence-electron chi connectivity index (χ0n) is 20.3. The maximum absolute atomic E-state index is 13.1. The van der Waals surface area contributed by atoms with E-state index in [-0.39, 0.29) is 42.9 Å². The van der Waals surface area contributed by atoms with E-state index >= 15 is 0 Å². The molecule has 2 rings (SSSR count). The highest BCUT2D eigenvalue weighted by atomic mass is 16.6. The molecule has 0 heterocycles. The first-order valence-electron chi connectivity index (χ1n) is 11.2. The third-order valence-electron chi connectivity index (χ3n) is 4.63. The van der Waals surface area contributed by atoms with E-state index in [0.717, 1.165) is 6.26 Å². The largest absolute Gasteiger partial charge is 0.490 e. The van der Waals surface area contributed by atoms with Crippen molar-refractivity contribution in [3.8, 4) is 23.0 Å². The molecule has 0 saturated carbocycles. The van der Waals surface area contributed by atoms with Crippen LogP contribution < -0.4 is 30.0 Å². The first kappa shape index (κ1) is 27.1. The predicted molar refractivity (Wildman–Crippen MR) is 131 cm³/mol. The summed E-state index contributed by atoms with van der Waals surface area (Å²) >= 11 is 0. The van der Waals surface area contributed by atoms with Crippen LogP contribution in [0.5, 0.6) is 23.0 Å². The van der Waals surface area contributed by atoms with Gasteiger partial charge in [0.25, 0.3) is 0 Å². The summed E-state index contributed by atoms with van der Waals surface area (Å²) in [7, 11) is 0. The number of nitrogen functional groups attached to an aromatic ring is 1. The third-order valence-corrected chi connectivity index (χ3v) is 4.63. The molecule has 2 aromatic carbocycles. The van der Waals surface area contributed by atoms with Gasteiger partial charge in [-0.25, -0.2) is 9.59 Å². The first-order chi connectivity index (χ1) is 16.9. The number of carbonyl (C=O) groups excluding carboxylic acids is 2. The molecule has 0 aromatic heterocycles. The number of rotatable bonds is 14. The highest BCUT2D eigenvalue weighted by Gasteiger charge is 2.32. The molecule has 2 aromatic rings. The Labute approximate surface area is 204 Å². The van der Waals surface area contributed by atoms with Gasteiger partial charge in [0, 0.05) is 16.8 Å². The van der Waals surface area contributed by atoms with Crippen molar-refractivity contribution in [2.24, 2.45) is 5.73 Å². The van der Waals surface area contributed by atoms with Gasteiger partial charge in [-0.05, 0) is 58.0 Å². The van der Waals surface area contributed by atoms with Crippen LogP contribution in [0.2, 0.25) is 0 Å². The molecule has 10 nitrogen and oxygen atoms in total. The zero-order chi connectivity index (χ0) is 25.8. The molecule has 4 N–H and O–H groups in total. The summed E-state index contributed by atoms with van der Waals surface area (Å²) in [4.78, 5) is 24.0. The molecule has 0 amide bonds. The molecule has 0 bridgehead atoms. The van der Waals surface area contributed by atoms with Crippen molar-refractivity contribution >= 4 is 23.4 Å². The van der Waals surface area contributed by atoms with Crippen LogP contribution in [-0.4, -0.2) is 44.2 Å². The fraction of sp³-hybridized carbons (Fsp3) is 0.360. The van der Waals surface area contributed by atoms with E-state index in [2.05, 4.69) is 5.32 Å². The number of nitrogens with two attached hydrogens (primary N) is 1. The smallest absolute Gasteiger partial charge is 0.333 e. The van der Waals surface area contributed by atoms with E-state index < -0.39 is 12.0 Å². The molecule has 0 aliphatic heterocycles. The van der Waals surface area contributed by atoms with Crippen LogP contribution in [-0.2, 0) is 14.3 Å². The van der Waals surface area contributed by atoms with Gasteiger partial charge in [0.2, 0.25) is 11.5 Å². The number of amidine groups is 1. The summed E-state index contributed by atoms with van der Waals surface area (Å²) in [5.41, 5.74) is 6.99. The lowest BCUT2D eigenvalue weighted by Crippen LogP contribution is -2.24. The molecule has 35 heavy (non-hydrogen) atoms. The third kappa shape index (κ3) is 6.91. The number of anilines is 1. The molecule has 1 unspecified atom stereocenters. The number of hydrogen-bond acceptors (Lipinski definition) is 9. The van der Waals surface area contributed by atoms with Gasteiger partial charge in [-0.3, -0.25) is 5.41 Å². The number of ether oxygens (including phenoxy) is 5. The Kier molecular flexibility index (Phi) is 10.5. The number of carbonyl (C=O) groups is 1. The second-order valence-corrected chi connectivity index (χ2v) is 6.92. The number of esters is 1. The van der Waals surface area contributed by atoms with Crippen LogP contribution in [0.25, 0.3) is 0 Å². The molecular weight excluding hydrogens is 454 g/mol. The summed E-state index contributed by atoms with van der Waals surface area (Å²) in [6, 6.07) is 7.27. The van der Waals surface area contributed by atoms with E-state index in [1.165, 1.54) is 0 Å². The summed E-state index contributed by atoms with van der Waals surface area (Å²) in [5, 5.41) is 10.7. The topological polar surface area (TPSA) is 142 Å². The number of hydrogen-bond donors (Lipinski definition) is 3. The minimum absolute atomic E-state index is 0.0704. The molecule has 0 aliphatic carbocycles. The van der Waals surface area contributed by atoms with Crippen LogP contribution in [0.3, 0.4) is 0 Å². The van der Waals surface area contributed by atoms with Crippen molar-refractivity contribution in [2.75, 3.05) is 31.7 Å². The predicted octanol–water partition coefficient (Wildman–Crippen LogP) is 3.61. The van der Waals surface area contributed by atoms with Crippen LogP contribution >= 0.6 is 0 Å². The van der Waals surface area contributed by atoms with Crippen molar-refractivity contribution in [3.63, 3.8) is 0 Å². The molecule has 0 aliphatic rings. The fourth-order valence-electron chi connectivity index (χ4n) is 3.26. The average Bonchev–Trinajstić information content (AvgIpc) is 2.84. The van der Waals surface area contributed by atoms with E-state index in [9.17, 15) is 9.59 Å². The minimum atomic E-state index is -1.04. The second-order valence-electron chi connectivity index (χ2n) is 6.92. The summed E-state index contributed by atoms with van der Waals surface area (Å²) in [5.74, 6) is 1.69. The van der Waals surface area contributed by atoms with Crippen LogP contribution in [0.4, 0.5) is 5.69 Å². The summed E-state index contributed by atoms with van der Waals surface area (Å²) < 4.78 is 28.3. The number of nitrogens with one attached hydrogen (secondary N) is 2.